The van der Waals surface area contributed by atoms with E-state index in [4.69, 9.17) is 13.9 Å². The zero-order valence-corrected chi connectivity index (χ0v) is 24.7. The van der Waals surface area contributed by atoms with Crippen molar-refractivity contribution in [2.24, 2.45) is 0 Å². The van der Waals surface area contributed by atoms with Gasteiger partial charge in [0.25, 0.3) is 0 Å². The van der Waals surface area contributed by atoms with Gasteiger partial charge in [-0.2, -0.15) is 0 Å². The van der Waals surface area contributed by atoms with Crippen LogP contribution < -0.4 is 10.1 Å². The van der Waals surface area contributed by atoms with E-state index in [1.54, 1.807) is 27.7 Å². The highest BCUT2D eigenvalue weighted by Gasteiger charge is 2.38. The van der Waals surface area contributed by atoms with Gasteiger partial charge >= 0.3 is 12.1 Å². The largest absolute Gasteiger partial charge is 0.444 e. The summed E-state index contributed by atoms with van der Waals surface area (Å²) in [5, 5.41) is 2.71. The van der Waals surface area contributed by atoms with Crippen molar-refractivity contribution in [3.05, 3.63) is 28.8 Å². The van der Waals surface area contributed by atoms with E-state index in [-0.39, 0.29) is 10.5 Å². The molecule has 1 rings (SSSR count). The third-order valence-electron chi connectivity index (χ3n) is 6.53. The molecule has 0 aromatic heterocycles. The fourth-order valence-corrected chi connectivity index (χ4v) is 4.44. The highest BCUT2D eigenvalue weighted by molar-refractivity contribution is 6.74. The Balaban J connectivity index is 3.08. The van der Waals surface area contributed by atoms with Crippen molar-refractivity contribution >= 4 is 20.4 Å². The molecule has 0 heterocycles. The van der Waals surface area contributed by atoms with Crippen LogP contribution in [0, 0.1) is 13.8 Å². The number of alkyl carbamates (subject to hydrolysis) is 1. The minimum Gasteiger partial charge on any atom is -0.444 e. The van der Waals surface area contributed by atoms with Crippen molar-refractivity contribution < 1.29 is 23.5 Å². The second-order valence-electron chi connectivity index (χ2n) is 12.4. The monoisotopic (exact) mass is 493 g/mol. The van der Waals surface area contributed by atoms with E-state index in [9.17, 15) is 9.59 Å². The third kappa shape index (κ3) is 8.42. The number of carbonyl (C=O) groups is 2. The molecule has 0 aliphatic heterocycles. The molecule has 0 bridgehead atoms. The molecule has 1 N–H and O–H groups in total. The van der Waals surface area contributed by atoms with E-state index in [2.05, 4.69) is 59.1 Å². The number of hydrogen-bond donors (Lipinski definition) is 1. The number of benzene rings is 1. The summed E-state index contributed by atoms with van der Waals surface area (Å²) in [6, 6.07) is 3.16. The summed E-state index contributed by atoms with van der Waals surface area (Å²) in [6.45, 7) is 27.0. The molecule has 0 spiro atoms. The Morgan fingerprint density at radius 2 is 1.50 bits per heavy atom. The number of ether oxygens (including phenoxy) is 2. The van der Waals surface area contributed by atoms with Crippen LogP contribution in [0.4, 0.5) is 4.79 Å². The van der Waals surface area contributed by atoms with Gasteiger partial charge in [-0.15, -0.1) is 0 Å². The number of rotatable bonds is 8. The number of hydrogen-bond acceptors (Lipinski definition) is 5. The van der Waals surface area contributed by atoms with Crippen LogP contribution >= 0.6 is 0 Å². The van der Waals surface area contributed by atoms with Gasteiger partial charge in [0.2, 0.25) is 0 Å². The molecule has 0 unspecified atom stereocenters. The van der Waals surface area contributed by atoms with E-state index < -0.39 is 32.0 Å². The normalized spacial score (nSPS) is 13.9. The summed E-state index contributed by atoms with van der Waals surface area (Å²) in [5.74, 6) is 0.0225. The predicted octanol–water partition coefficient (Wildman–Crippen LogP) is 6.81. The first kappa shape index (κ1) is 30.2. The Morgan fingerprint density at radius 3 is 2.00 bits per heavy atom. The molecule has 0 aliphatic carbocycles. The van der Waals surface area contributed by atoms with Crippen LogP contribution in [0.15, 0.2) is 12.1 Å². The zero-order valence-electron chi connectivity index (χ0n) is 23.7. The van der Waals surface area contributed by atoms with Crippen LogP contribution in [0.5, 0.6) is 5.75 Å². The molecule has 1 atom stereocenters. The molecule has 1 amide bonds. The minimum atomic E-state index is -1.86. The minimum absolute atomic E-state index is 0.147. The van der Waals surface area contributed by atoms with Crippen LogP contribution in [-0.2, 0) is 19.4 Å². The number of aryl methyl sites for hydroxylation is 2. The standard InChI is InChI=1S/C27H47NO5Si/c1-18-14-15-19(2)22(32-23(29)20(3)28-24(30)33-25(4,5)6)21(18)27(10,11)16-17-31-34(12,13)26(7,8)9/h14-15,20H,16-17H2,1-13H3,(H,28,30)/t20-/m0/s1. The maximum Gasteiger partial charge on any atom is 0.408 e. The fraction of sp³-hybridized carbons (Fsp3) is 0.704. The lowest BCUT2D eigenvalue weighted by Crippen LogP contribution is -2.43. The van der Waals surface area contributed by atoms with Gasteiger partial charge in [-0.3, -0.25) is 0 Å². The number of carbonyl (C=O) groups excluding carboxylic acids is 2. The lowest BCUT2D eigenvalue weighted by Gasteiger charge is -2.37. The Morgan fingerprint density at radius 1 is 0.971 bits per heavy atom. The van der Waals surface area contributed by atoms with Gasteiger partial charge in [0.15, 0.2) is 8.32 Å². The van der Waals surface area contributed by atoms with Crippen molar-refractivity contribution in [3.8, 4) is 5.75 Å². The Labute approximate surface area is 208 Å². The Hall–Kier alpha value is -1.86. The third-order valence-corrected chi connectivity index (χ3v) is 11.1. The lowest BCUT2D eigenvalue weighted by molar-refractivity contribution is -0.136. The highest BCUT2D eigenvalue weighted by Crippen LogP contribution is 2.41. The number of nitrogens with one attached hydrogen (secondary N) is 1. The SMILES string of the molecule is Cc1ccc(C)c(C(C)(C)CCO[Si](C)(C)C(C)(C)C)c1OC(=O)[C@H](C)NC(=O)OC(C)(C)C. The maximum absolute atomic E-state index is 12.9. The molecule has 0 aliphatic rings. The van der Waals surface area contributed by atoms with Gasteiger partial charge in [0.05, 0.1) is 0 Å². The summed E-state index contributed by atoms with van der Waals surface area (Å²) in [5.41, 5.74) is 1.99. The molecule has 0 saturated heterocycles. The molecule has 7 heteroatoms. The first-order chi connectivity index (χ1) is 15.2. The number of amides is 1. The second-order valence-corrected chi connectivity index (χ2v) is 17.2. The first-order valence-corrected chi connectivity index (χ1v) is 15.0. The van der Waals surface area contributed by atoms with Crippen LogP contribution in [0.2, 0.25) is 18.1 Å². The molecule has 6 nitrogen and oxygen atoms in total. The van der Waals surface area contributed by atoms with Crippen LogP contribution in [0.25, 0.3) is 0 Å². The van der Waals surface area contributed by atoms with E-state index in [1.807, 2.05) is 19.9 Å². The smallest absolute Gasteiger partial charge is 0.408 e. The van der Waals surface area contributed by atoms with Gasteiger partial charge in [-0.1, -0.05) is 46.8 Å². The molecule has 194 valence electrons. The van der Waals surface area contributed by atoms with Crippen molar-refractivity contribution in [3.63, 3.8) is 0 Å². The molecule has 1 aromatic rings. The molecule has 34 heavy (non-hydrogen) atoms. The highest BCUT2D eigenvalue weighted by atomic mass is 28.4. The van der Waals surface area contributed by atoms with Gasteiger partial charge < -0.3 is 19.2 Å². The Kier molecular flexibility index (Phi) is 9.60. The molecular weight excluding hydrogens is 446 g/mol. The lowest BCUT2D eigenvalue weighted by atomic mass is 9.78. The summed E-state index contributed by atoms with van der Waals surface area (Å²) < 4.78 is 17.6. The second kappa shape index (κ2) is 10.8. The van der Waals surface area contributed by atoms with E-state index in [0.717, 1.165) is 23.1 Å². The summed E-state index contributed by atoms with van der Waals surface area (Å²) >= 11 is 0. The van der Waals surface area contributed by atoms with Crippen molar-refractivity contribution in [1.82, 2.24) is 5.32 Å². The summed E-state index contributed by atoms with van der Waals surface area (Å²) in [4.78, 5) is 25.0. The van der Waals surface area contributed by atoms with Crippen molar-refractivity contribution in [2.45, 2.75) is 118 Å². The topological polar surface area (TPSA) is 73.9 Å². The molecule has 0 fully saturated rings. The van der Waals surface area contributed by atoms with E-state index >= 15 is 0 Å². The van der Waals surface area contributed by atoms with Crippen molar-refractivity contribution in [1.29, 1.82) is 0 Å². The van der Waals surface area contributed by atoms with Crippen LogP contribution in [0.1, 0.15) is 85.4 Å². The fourth-order valence-electron chi connectivity index (χ4n) is 3.39. The zero-order chi connectivity index (χ0) is 26.7. The summed E-state index contributed by atoms with van der Waals surface area (Å²) in [6.07, 6.45) is 0.140. The number of esters is 1. The molecule has 0 saturated carbocycles. The Bertz CT molecular complexity index is 878. The quantitative estimate of drug-likeness (QED) is 0.244. The maximum atomic E-state index is 12.9. The van der Waals surface area contributed by atoms with Gasteiger partial charge in [-0.05, 0) is 82.6 Å². The van der Waals surface area contributed by atoms with Crippen molar-refractivity contribution in [2.75, 3.05) is 6.61 Å². The summed E-state index contributed by atoms with van der Waals surface area (Å²) in [7, 11) is -1.86. The van der Waals surface area contributed by atoms with Gasteiger partial charge in [0.1, 0.15) is 17.4 Å². The molecular formula is C27H47NO5Si. The molecule has 1 aromatic carbocycles. The average Bonchev–Trinajstić information content (AvgIpc) is 2.61. The van der Waals surface area contributed by atoms with Crippen LogP contribution in [-0.4, -0.2) is 38.6 Å². The van der Waals surface area contributed by atoms with Gasteiger partial charge in [-0.25, -0.2) is 9.59 Å². The average molecular weight is 494 g/mol. The van der Waals surface area contributed by atoms with E-state index in [1.165, 1.54) is 0 Å². The molecule has 0 radical (unpaired) electrons. The van der Waals surface area contributed by atoms with Gasteiger partial charge in [0, 0.05) is 12.2 Å². The van der Waals surface area contributed by atoms with Crippen LogP contribution in [0.3, 0.4) is 0 Å². The predicted molar refractivity (Wildman–Crippen MR) is 141 cm³/mol. The van der Waals surface area contributed by atoms with E-state index in [0.29, 0.717) is 12.4 Å². The first-order valence-electron chi connectivity index (χ1n) is 12.1.